The number of ether oxygens (including phenoxy) is 2. The third-order valence-electron chi connectivity index (χ3n) is 13.5. The number of benzene rings is 4. The molecule has 8 heterocycles. The van der Waals surface area contributed by atoms with Crippen LogP contribution in [0.1, 0.15) is 65.7 Å². The lowest BCUT2D eigenvalue weighted by molar-refractivity contribution is -0.736. The van der Waals surface area contributed by atoms with Gasteiger partial charge in [0.1, 0.15) is 17.4 Å². The number of pyridine rings is 1. The van der Waals surface area contributed by atoms with E-state index < -0.39 is 35.6 Å². The van der Waals surface area contributed by atoms with Gasteiger partial charge in [0, 0.05) is 43.7 Å². The third-order valence-corrected chi connectivity index (χ3v) is 13.5. The van der Waals surface area contributed by atoms with Crippen LogP contribution in [0.15, 0.2) is 146 Å². The van der Waals surface area contributed by atoms with Crippen LogP contribution < -0.4 is 23.8 Å². The van der Waals surface area contributed by atoms with Crippen molar-refractivity contribution in [1.29, 1.82) is 0 Å². The predicted molar refractivity (Wildman–Crippen MR) is 223 cm³/mol. The van der Waals surface area contributed by atoms with Crippen LogP contribution in [0, 0.1) is 23.7 Å². The zero-order valence-corrected chi connectivity index (χ0v) is 33.6. The van der Waals surface area contributed by atoms with Crippen LogP contribution in [-0.2, 0) is 28.8 Å². The second-order valence-corrected chi connectivity index (χ2v) is 16.6. The number of aromatic nitrogens is 1. The molecule has 3 fully saturated rings. The molecule has 9 aliphatic rings. The molecule has 5 aromatic rings. The van der Waals surface area contributed by atoms with Crippen molar-refractivity contribution in [2.75, 3.05) is 9.80 Å². The van der Waals surface area contributed by atoms with Crippen LogP contribution in [-0.4, -0.2) is 46.5 Å². The molecule has 7 aliphatic heterocycles. The number of amides is 4. The van der Waals surface area contributed by atoms with Crippen molar-refractivity contribution in [1.82, 2.24) is 4.90 Å². The number of anilines is 2. The van der Waals surface area contributed by atoms with E-state index in [1.54, 1.807) is 48.5 Å². The molecule has 14 rings (SSSR count). The second kappa shape index (κ2) is 14.1. The molecule has 0 saturated carbocycles. The van der Waals surface area contributed by atoms with Gasteiger partial charge >= 0.3 is 11.9 Å². The lowest BCUT2D eigenvalue weighted by Gasteiger charge is -2.55. The number of allylic oxidation sites excluding steroid dienone is 2. The summed E-state index contributed by atoms with van der Waals surface area (Å²) in [5, 5.41) is 0. The molecule has 9 atom stereocenters. The minimum atomic E-state index is -0.444. The Morgan fingerprint density at radius 1 is 0.532 bits per heavy atom. The molecule has 4 aromatic carbocycles. The van der Waals surface area contributed by atoms with Gasteiger partial charge < -0.3 is 14.4 Å². The molecule has 1 aromatic heterocycles. The smallest absolute Gasteiger partial charge is 0.308 e. The predicted octanol–water partition coefficient (Wildman–Crippen LogP) is 6.08. The minimum Gasteiger partial charge on any atom is -0.427 e. The highest BCUT2D eigenvalue weighted by Crippen LogP contribution is 2.60. The lowest BCUT2D eigenvalue weighted by atomic mass is 9.60. The Kier molecular flexibility index (Phi) is 8.50. The zero-order valence-electron chi connectivity index (χ0n) is 33.6. The summed E-state index contributed by atoms with van der Waals surface area (Å²) in [5.41, 5.74) is 6.63. The van der Waals surface area contributed by atoms with E-state index in [1.807, 2.05) is 60.9 Å². The van der Waals surface area contributed by atoms with Crippen molar-refractivity contribution in [2.45, 2.75) is 43.8 Å². The van der Waals surface area contributed by atoms with E-state index in [-0.39, 0.29) is 53.6 Å². The lowest BCUT2D eigenvalue weighted by Crippen LogP contribution is -2.59. The number of piperidine rings is 1. The molecular formula is C50H39N4O8+. The molecule has 0 radical (unpaired) electrons. The topological polar surface area (TPSA) is 134 Å². The average molecular weight is 824 g/mol. The zero-order chi connectivity index (χ0) is 42.6. The molecule has 0 N–H and O–H groups in total. The maximum atomic E-state index is 13.6. The number of imide groups is 2. The Bertz CT molecular complexity index is 2660. The monoisotopic (exact) mass is 823 g/mol. The first kappa shape index (κ1) is 37.5. The number of hydrogen-bond donors (Lipinski definition) is 0. The summed E-state index contributed by atoms with van der Waals surface area (Å²) in [7, 11) is 0. The maximum absolute atomic E-state index is 13.6. The summed E-state index contributed by atoms with van der Waals surface area (Å²) < 4.78 is 12.3. The summed E-state index contributed by atoms with van der Waals surface area (Å²) in [4.78, 5) is 81.8. The van der Waals surface area contributed by atoms with Gasteiger partial charge in [0.25, 0.3) is 0 Å². The number of esters is 2. The first-order chi connectivity index (χ1) is 30.1. The van der Waals surface area contributed by atoms with Crippen molar-refractivity contribution in [3.8, 4) is 11.5 Å². The highest BCUT2D eigenvalue weighted by molar-refractivity contribution is 6.24. The Labute approximate surface area is 356 Å². The Morgan fingerprint density at radius 3 is 1.69 bits per heavy atom. The fourth-order valence-electron chi connectivity index (χ4n) is 11.4. The molecule has 62 heavy (non-hydrogen) atoms. The molecule has 9 unspecified atom stereocenters. The van der Waals surface area contributed by atoms with Crippen molar-refractivity contribution in [2.24, 2.45) is 23.7 Å². The van der Waals surface area contributed by atoms with E-state index in [0.29, 0.717) is 22.9 Å². The van der Waals surface area contributed by atoms with Crippen molar-refractivity contribution in [3.05, 3.63) is 174 Å². The Hall–Kier alpha value is -7.47. The Balaban J connectivity index is 0.000000139. The van der Waals surface area contributed by atoms with Gasteiger partial charge in [-0.05, 0) is 71.3 Å². The van der Waals surface area contributed by atoms with Crippen molar-refractivity contribution in [3.63, 3.8) is 0 Å². The van der Waals surface area contributed by atoms with E-state index in [4.69, 9.17) is 9.47 Å². The highest BCUT2D eigenvalue weighted by Gasteiger charge is 2.67. The van der Waals surface area contributed by atoms with E-state index in [9.17, 15) is 28.8 Å². The number of nitrogens with zero attached hydrogens (tertiary/aromatic N) is 4. The van der Waals surface area contributed by atoms with Gasteiger partial charge in [-0.25, -0.2) is 9.80 Å². The number of carbonyl (C=O) groups is 6. The van der Waals surface area contributed by atoms with Gasteiger partial charge in [0.2, 0.25) is 23.6 Å². The van der Waals surface area contributed by atoms with E-state index in [1.165, 1.54) is 29.2 Å². The van der Waals surface area contributed by atoms with Crippen LogP contribution >= 0.6 is 0 Å². The summed E-state index contributed by atoms with van der Waals surface area (Å²) >= 11 is 0. The SMILES string of the molecule is CC(=O)Oc1ccc(N2C(=O)C3C(C2=O)C2c4ccccc4C3C3C=CC=CN32)cc1.CC(=O)Oc1ccc(N2C(=O)C3C4c5ccccc5C(C3C2=O)[n+]2ccccc24)cc1. The van der Waals surface area contributed by atoms with Crippen molar-refractivity contribution < 1.29 is 42.8 Å². The quantitative estimate of drug-likeness (QED) is 0.0916. The van der Waals surface area contributed by atoms with Gasteiger partial charge in [-0.15, -0.1) is 0 Å². The van der Waals surface area contributed by atoms with Crippen molar-refractivity contribution >= 4 is 46.9 Å². The third kappa shape index (κ3) is 5.41. The molecule has 4 bridgehead atoms. The van der Waals surface area contributed by atoms with Crippen LogP contribution in [0.3, 0.4) is 0 Å². The molecule has 4 amide bonds. The summed E-state index contributed by atoms with van der Waals surface area (Å²) in [6.45, 7) is 2.66. The number of rotatable bonds is 4. The normalized spacial score (nSPS) is 27.4. The maximum Gasteiger partial charge on any atom is 0.308 e. The molecule has 2 aliphatic carbocycles. The van der Waals surface area contributed by atoms with Crippen LogP contribution in [0.2, 0.25) is 0 Å². The van der Waals surface area contributed by atoms with Gasteiger partial charge in [0.15, 0.2) is 17.9 Å². The summed E-state index contributed by atoms with van der Waals surface area (Å²) in [6, 6.07) is 35.1. The average Bonchev–Trinajstić information content (AvgIpc) is 3.71. The van der Waals surface area contributed by atoms with Gasteiger partial charge in [0.05, 0.1) is 47.1 Å². The highest BCUT2D eigenvalue weighted by atomic mass is 16.5. The molecular weight excluding hydrogens is 785 g/mol. The largest absolute Gasteiger partial charge is 0.427 e. The van der Waals surface area contributed by atoms with Gasteiger partial charge in [-0.2, -0.15) is 4.57 Å². The van der Waals surface area contributed by atoms with Crippen LogP contribution in [0.25, 0.3) is 0 Å². The van der Waals surface area contributed by atoms with E-state index in [0.717, 1.165) is 22.4 Å². The fraction of sp³-hybridized carbons (Fsp3) is 0.220. The molecule has 12 nitrogen and oxygen atoms in total. The first-order valence-electron chi connectivity index (χ1n) is 20.7. The van der Waals surface area contributed by atoms with Gasteiger partial charge in [-0.3, -0.25) is 28.8 Å². The van der Waals surface area contributed by atoms with E-state index >= 15 is 0 Å². The molecule has 0 spiro atoms. The molecule has 306 valence electrons. The molecule has 12 heteroatoms. The second-order valence-electron chi connectivity index (χ2n) is 16.6. The van der Waals surface area contributed by atoms with Crippen LogP contribution in [0.4, 0.5) is 11.4 Å². The van der Waals surface area contributed by atoms with Crippen LogP contribution in [0.5, 0.6) is 11.5 Å². The standard InChI is InChI=1S/C25H20N2O4.C25H19N2O4/c2*1-14(28)31-16-11-9-15(10-12-16)27-24(29)21-20-17-6-2-3-7-18(17)23(22(21)25(27)30)26-13-5-4-8-19(20)26/h2-13,19-23H,1H3;2-13,20-23H,1H3/q;+1. The number of hydrogen-bond acceptors (Lipinski definition) is 9. The number of carbonyl (C=O) groups excluding carboxylic acids is 6. The minimum absolute atomic E-state index is 0.0641. The fourth-order valence-corrected chi connectivity index (χ4v) is 11.4. The Morgan fingerprint density at radius 2 is 1.06 bits per heavy atom. The summed E-state index contributed by atoms with van der Waals surface area (Å²) in [6.07, 6.45) is 10.2. The summed E-state index contributed by atoms with van der Waals surface area (Å²) in [5.74, 6) is -2.66. The van der Waals surface area contributed by atoms with Gasteiger partial charge in [-0.1, -0.05) is 66.7 Å². The van der Waals surface area contributed by atoms with E-state index in [2.05, 4.69) is 45.9 Å². The first-order valence-corrected chi connectivity index (χ1v) is 20.7. The molecule has 3 saturated heterocycles.